The highest BCUT2D eigenvalue weighted by molar-refractivity contribution is 9.10. The van der Waals surface area contributed by atoms with E-state index in [2.05, 4.69) is 38.9 Å². The second-order valence-corrected chi connectivity index (χ2v) is 6.65. The van der Waals surface area contributed by atoms with Gasteiger partial charge < -0.3 is 5.32 Å². The Morgan fingerprint density at radius 3 is 2.63 bits per heavy atom. The van der Waals surface area contributed by atoms with Crippen LogP contribution in [0.5, 0.6) is 0 Å². The normalized spacial score (nSPS) is 12.6. The Kier molecular flexibility index (Phi) is 5.72. The Hall–Kier alpha value is -0.0600. The molecule has 2 rings (SSSR count). The summed E-state index contributed by atoms with van der Waals surface area (Å²) in [7, 11) is 0. The number of benzene rings is 1. The van der Waals surface area contributed by atoms with Crippen molar-refractivity contribution in [2.45, 2.75) is 19.4 Å². The number of nitrogens with one attached hydrogen (secondary N) is 1. The summed E-state index contributed by atoms with van der Waals surface area (Å²) in [6.45, 7) is 3.04. The first-order valence-corrected chi connectivity index (χ1v) is 8.50. The van der Waals surface area contributed by atoms with Gasteiger partial charge in [-0.05, 0) is 57.5 Å². The van der Waals surface area contributed by atoms with Gasteiger partial charge in [0.2, 0.25) is 0 Å². The number of thiophene rings is 1. The standard InChI is InChI=1S/C14H14BrCl2NS/c1-2-18-14(10-7-19-8-11(10)15)6-9-3-4-12(16)13(17)5-9/h3-5,7-8,14,18H,2,6H2,1H3. The Morgan fingerprint density at radius 2 is 2.05 bits per heavy atom. The lowest BCUT2D eigenvalue weighted by atomic mass is 10.0. The molecule has 5 heteroatoms. The fourth-order valence-corrected chi connectivity index (χ4v) is 3.93. The third kappa shape index (κ3) is 3.96. The van der Waals surface area contributed by atoms with Crippen LogP contribution in [0.2, 0.25) is 10.0 Å². The van der Waals surface area contributed by atoms with Crippen LogP contribution < -0.4 is 5.32 Å². The molecule has 2 aromatic rings. The lowest BCUT2D eigenvalue weighted by molar-refractivity contribution is 0.549. The molecule has 0 spiro atoms. The quantitative estimate of drug-likeness (QED) is 0.702. The van der Waals surface area contributed by atoms with Gasteiger partial charge in [-0.15, -0.1) is 0 Å². The molecule has 1 heterocycles. The number of halogens is 3. The average Bonchev–Trinajstić information content (AvgIpc) is 2.79. The Morgan fingerprint density at radius 1 is 1.26 bits per heavy atom. The number of hydrogen-bond donors (Lipinski definition) is 1. The van der Waals surface area contributed by atoms with E-state index in [0.717, 1.165) is 17.4 Å². The van der Waals surface area contributed by atoms with E-state index < -0.39 is 0 Å². The molecule has 19 heavy (non-hydrogen) atoms. The molecule has 1 aromatic heterocycles. The molecular weight excluding hydrogens is 365 g/mol. The first-order valence-electron chi connectivity index (χ1n) is 6.00. The van der Waals surface area contributed by atoms with Crippen LogP contribution in [0.15, 0.2) is 33.4 Å². The molecule has 1 N–H and O–H groups in total. The zero-order valence-electron chi connectivity index (χ0n) is 10.4. The van der Waals surface area contributed by atoms with Crippen LogP contribution in [-0.4, -0.2) is 6.54 Å². The van der Waals surface area contributed by atoms with Crippen molar-refractivity contribution < 1.29 is 0 Å². The first-order chi connectivity index (χ1) is 9.11. The molecule has 102 valence electrons. The summed E-state index contributed by atoms with van der Waals surface area (Å²) in [5.41, 5.74) is 2.47. The maximum atomic E-state index is 6.07. The molecule has 0 fully saturated rings. The molecule has 0 radical (unpaired) electrons. The lowest BCUT2D eigenvalue weighted by Gasteiger charge is -2.18. The average molecular weight is 379 g/mol. The van der Waals surface area contributed by atoms with Gasteiger partial charge in [-0.25, -0.2) is 0 Å². The summed E-state index contributed by atoms with van der Waals surface area (Å²) in [4.78, 5) is 0. The van der Waals surface area contributed by atoms with E-state index in [0.29, 0.717) is 10.0 Å². The van der Waals surface area contributed by atoms with Gasteiger partial charge in [0.1, 0.15) is 0 Å². The van der Waals surface area contributed by atoms with Crippen LogP contribution in [0.4, 0.5) is 0 Å². The minimum atomic E-state index is 0.280. The highest BCUT2D eigenvalue weighted by Crippen LogP contribution is 2.31. The Labute approximate surface area is 136 Å². The van der Waals surface area contributed by atoms with Crippen LogP contribution >= 0.6 is 50.5 Å². The van der Waals surface area contributed by atoms with Crippen molar-refractivity contribution in [3.63, 3.8) is 0 Å². The molecule has 1 nitrogen and oxygen atoms in total. The van der Waals surface area contributed by atoms with Crippen molar-refractivity contribution in [3.8, 4) is 0 Å². The third-order valence-electron chi connectivity index (χ3n) is 2.89. The Balaban J connectivity index is 2.21. The van der Waals surface area contributed by atoms with Crippen LogP contribution in [-0.2, 0) is 6.42 Å². The van der Waals surface area contributed by atoms with Crippen molar-refractivity contribution in [2.24, 2.45) is 0 Å². The van der Waals surface area contributed by atoms with Crippen LogP contribution in [0.25, 0.3) is 0 Å². The zero-order chi connectivity index (χ0) is 13.8. The van der Waals surface area contributed by atoms with Gasteiger partial charge in [0, 0.05) is 15.9 Å². The van der Waals surface area contributed by atoms with E-state index in [1.807, 2.05) is 18.2 Å². The molecule has 1 unspecified atom stereocenters. The van der Waals surface area contributed by atoms with E-state index in [1.54, 1.807) is 11.3 Å². The minimum Gasteiger partial charge on any atom is -0.310 e. The predicted molar refractivity (Wildman–Crippen MR) is 88.6 cm³/mol. The van der Waals surface area contributed by atoms with Crippen molar-refractivity contribution in [1.82, 2.24) is 5.32 Å². The smallest absolute Gasteiger partial charge is 0.0595 e. The lowest BCUT2D eigenvalue weighted by Crippen LogP contribution is -2.22. The van der Waals surface area contributed by atoms with Gasteiger partial charge in [0.05, 0.1) is 10.0 Å². The summed E-state index contributed by atoms with van der Waals surface area (Å²) in [5, 5.41) is 9.00. The van der Waals surface area contributed by atoms with Crippen LogP contribution in [0.1, 0.15) is 24.1 Å². The number of rotatable bonds is 5. The van der Waals surface area contributed by atoms with Gasteiger partial charge in [0.15, 0.2) is 0 Å². The molecule has 0 saturated carbocycles. The van der Waals surface area contributed by atoms with Crippen LogP contribution in [0.3, 0.4) is 0 Å². The van der Waals surface area contributed by atoms with Crippen molar-refractivity contribution in [3.05, 3.63) is 54.6 Å². The molecular formula is C14H14BrCl2NS. The summed E-state index contributed by atoms with van der Waals surface area (Å²) >= 11 is 17.3. The minimum absolute atomic E-state index is 0.280. The monoisotopic (exact) mass is 377 g/mol. The molecule has 0 aliphatic rings. The number of hydrogen-bond acceptors (Lipinski definition) is 2. The van der Waals surface area contributed by atoms with E-state index >= 15 is 0 Å². The maximum absolute atomic E-state index is 6.07. The highest BCUT2D eigenvalue weighted by Gasteiger charge is 2.15. The van der Waals surface area contributed by atoms with Gasteiger partial charge in [-0.3, -0.25) is 0 Å². The topological polar surface area (TPSA) is 12.0 Å². The van der Waals surface area contributed by atoms with Crippen molar-refractivity contribution in [1.29, 1.82) is 0 Å². The molecule has 0 bridgehead atoms. The fourth-order valence-electron chi connectivity index (χ4n) is 1.98. The van der Waals surface area contributed by atoms with Gasteiger partial charge in [-0.1, -0.05) is 36.2 Å². The maximum Gasteiger partial charge on any atom is 0.0595 e. The van der Waals surface area contributed by atoms with Gasteiger partial charge >= 0.3 is 0 Å². The molecule has 1 aromatic carbocycles. The van der Waals surface area contributed by atoms with E-state index in [-0.39, 0.29) is 6.04 Å². The number of likely N-dealkylation sites (N-methyl/N-ethyl adjacent to an activating group) is 1. The molecule has 0 amide bonds. The van der Waals surface area contributed by atoms with E-state index in [1.165, 1.54) is 11.1 Å². The van der Waals surface area contributed by atoms with Crippen molar-refractivity contribution >= 4 is 50.5 Å². The van der Waals surface area contributed by atoms with Gasteiger partial charge in [0.25, 0.3) is 0 Å². The summed E-state index contributed by atoms with van der Waals surface area (Å²) < 4.78 is 1.16. The SMILES string of the molecule is CCNC(Cc1ccc(Cl)c(Cl)c1)c1cscc1Br. The van der Waals surface area contributed by atoms with E-state index in [4.69, 9.17) is 23.2 Å². The zero-order valence-corrected chi connectivity index (χ0v) is 14.3. The first kappa shape index (κ1) is 15.3. The molecule has 1 atom stereocenters. The predicted octanol–water partition coefficient (Wildman–Crippen LogP) is 5.71. The van der Waals surface area contributed by atoms with Gasteiger partial charge in [-0.2, -0.15) is 11.3 Å². The molecule has 0 saturated heterocycles. The fraction of sp³-hybridized carbons (Fsp3) is 0.286. The summed E-state index contributed by atoms with van der Waals surface area (Å²) in [6, 6.07) is 6.10. The second kappa shape index (κ2) is 7.09. The summed E-state index contributed by atoms with van der Waals surface area (Å²) in [5.74, 6) is 0. The third-order valence-corrected chi connectivity index (χ3v) is 5.38. The molecule has 0 aliphatic carbocycles. The second-order valence-electron chi connectivity index (χ2n) is 4.24. The highest BCUT2D eigenvalue weighted by atomic mass is 79.9. The largest absolute Gasteiger partial charge is 0.310 e. The van der Waals surface area contributed by atoms with Crippen molar-refractivity contribution in [2.75, 3.05) is 6.54 Å². The summed E-state index contributed by atoms with van der Waals surface area (Å²) in [6.07, 6.45) is 0.889. The van der Waals surface area contributed by atoms with E-state index in [9.17, 15) is 0 Å². The molecule has 0 aliphatic heterocycles. The van der Waals surface area contributed by atoms with Crippen LogP contribution in [0, 0.1) is 0 Å². The Bertz CT molecular complexity index is 556.